The monoisotopic (exact) mass is 566 g/mol. The first-order valence-electron chi connectivity index (χ1n) is 10.1. The predicted molar refractivity (Wildman–Crippen MR) is 137 cm³/mol. The zero-order valence-electron chi connectivity index (χ0n) is 18.8. The lowest BCUT2D eigenvalue weighted by Gasteiger charge is -2.14. The summed E-state index contributed by atoms with van der Waals surface area (Å²) in [6.07, 6.45) is 1.81. The van der Waals surface area contributed by atoms with Crippen molar-refractivity contribution in [2.75, 3.05) is 27.7 Å². The number of hydrogen-bond donors (Lipinski definition) is 2. The Morgan fingerprint density at radius 3 is 2.42 bits per heavy atom. The molecule has 0 bridgehead atoms. The summed E-state index contributed by atoms with van der Waals surface area (Å²) < 4.78 is 20.0. The third kappa shape index (κ3) is 8.04. The topological polar surface area (TPSA) is 83.8 Å². The number of nitrogens with zero attached hydrogens (tertiary/aromatic N) is 4. The summed E-state index contributed by atoms with van der Waals surface area (Å²) in [7, 11) is 5.03. The van der Waals surface area contributed by atoms with Gasteiger partial charge in [0.1, 0.15) is 11.6 Å². The molecule has 3 rings (SSSR count). The Balaban J connectivity index is 0.00000385. The number of aromatic nitrogens is 2. The third-order valence-electron chi connectivity index (χ3n) is 4.66. The Morgan fingerprint density at radius 2 is 1.79 bits per heavy atom. The fourth-order valence-electron chi connectivity index (χ4n) is 2.76. The molecule has 0 atom stereocenters. The molecule has 0 fully saturated rings. The van der Waals surface area contributed by atoms with Gasteiger partial charge in [-0.05, 0) is 48.0 Å². The summed E-state index contributed by atoms with van der Waals surface area (Å²) in [6, 6.07) is 15.6. The second-order valence-electron chi connectivity index (χ2n) is 7.24. The minimum atomic E-state index is -0.293. The maximum Gasteiger partial charge on any atom is 0.241 e. The second kappa shape index (κ2) is 12.8. The fraction of sp³-hybridized carbons (Fsp3) is 0.261. The number of likely N-dealkylation sites (N-methyl/N-ethyl adjacent to an activating group) is 1. The first-order chi connectivity index (χ1) is 15.4. The van der Waals surface area contributed by atoms with Crippen LogP contribution in [0.3, 0.4) is 0 Å². The van der Waals surface area contributed by atoms with E-state index in [1.54, 1.807) is 44.2 Å². The van der Waals surface area contributed by atoms with Crippen molar-refractivity contribution in [2.24, 2.45) is 4.99 Å². The average Bonchev–Trinajstić information content (AvgIpc) is 3.28. The van der Waals surface area contributed by atoms with Gasteiger partial charge in [0.05, 0.1) is 38.1 Å². The molecule has 33 heavy (non-hydrogen) atoms. The van der Waals surface area contributed by atoms with Crippen molar-refractivity contribution < 1.29 is 13.9 Å². The van der Waals surface area contributed by atoms with Crippen LogP contribution in [0, 0.1) is 5.82 Å². The third-order valence-corrected chi connectivity index (χ3v) is 4.66. The van der Waals surface area contributed by atoms with Crippen LogP contribution >= 0.6 is 24.0 Å². The molecular formula is C23H28FIN6O2. The standard InChI is InChI=1S/C23H27FN6O2.HI/c1-29(2)22(31)16-27-23(25-14-17-4-10-21(32-3)11-5-17)26-15-19-12-13-30(28-19)20-8-6-18(24)7-9-20;/h4-13H,14-16H2,1-3H3,(H2,25,26,27);1H. The molecule has 0 aliphatic heterocycles. The molecule has 0 radical (unpaired) electrons. The van der Waals surface area contributed by atoms with Crippen molar-refractivity contribution in [3.8, 4) is 11.4 Å². The number of methoxy groups -OCH3 is 1. The van der Waals surface area contributed by atoms with Crippen LogP contribution in [0.15, 0.2) is 65.8 Å². The van der Waals surface area contributed by atoms with Crippen molar-refractivity contribution in [1.82, 2.24) is 25.3 Å². The number of aliphatic imine (C=N–C) groups is 1. The number of nitrogens with one attached hydrogen (secondary N) is 2. The number of halogens is 2. The molecule has 2 aromatic carbocycles. The molecule has 0 spiro atoms. The highest BCUT2D eigenvalue weighted by Crippen LogP contribution is 2.12. The quantitative estimate of drug-likeness (QED) is 0.249. The van der Waals surface area contributed by atoms with Gasteiger partial charge in [-0.2, -0.15) is 5.10 Å². The first-order valence-corrected chi connectivity index (χ1v) is 10.1. The lowest BCUT2D eigenvalue weighted by Crippen LogP contribution is -2.42. The number of benzene rings is 2. The van der Waals surface area contributed by atoms with E-state index in [4.69, 9.17) is 4.74 Å². The highest BCUT2D eigenvalue weighted by atomic mass is 127. The lowest BCUT2D eigenvalue weighted by molar-refractivity contribution is -0.127. The summed E-state index contributed by atoms with van der Waals surface area (Å²) in [5.41, 5.74) is 2.54. The van der Waals surface area contributed by atoms with Gasteiger partial charge < -0.3 is 20.3 Å². The highest BCUT2D eigenvalue weighted by molar-refractivity contribution is 14.0. The van der Waals surface area contributed by atoms with Gasteiger partial charge >= 0.3 is 0 Å². The average molecular weight is 566 g/mol. The minimum Gasteiger partial charge on any atom is -0.497 e. The number of carbonyl (C=O) groups excluding carboxylic acids is 1. The molecule has 1 aromatic heterocycles. The molecule has 2 N–H and O–H groups in total. The second-order valence-corrected chi connectivity index (χ2v) is 7.24. The van der Waals surface area contributed by atoms with E-state index >= 15 is 0 Å². The van der Waals surface area contributed by atoms with Gasteiger partial charge in [-0.1, -0.05) is 12.1 Å². The highest BCUT2D eigenvalue weighted by Gasteiger charge is 2.08. The van der Waals surface area contributed by atoms with Gasteiger partial charge in [-0.15, -0.1) is 24.0 Å². The number of rotatable bonds is 8. The van der Waals surface area contributed by atoms with Crippen LogP contribution in [0.25, 0.3) is 5.69 Å². The van der Waals surface area contributed by atoms with Gasteiger partial charge in [-0.25, -0.2) is 14.1 Å². The molecule has 176 valence electrons. The van der Waals surface area contributed by atoms with Crippen molar-refractivity contribution in [3.05, 3.63) is 77.9 Å². The number of hydrogen-bond acceptors (Lipinski definition) is 4. The molecule has 1 heterocycles. The van der Waals surface area contributed by atoms with Gasteiger partial charge in [0.2, 0.25) is 5.91 Å². The number of guanidine groups is 1. The number of carbonyl (C=O) groups is 1. The van der Waals surface area contributed by atoms with Crippen LogP contribution in [0.4, 0.5) is 4.39 Å². The predicted octanol–water partition coefficient (Wildman–Crippen LogP) is 2.96. The molecule has 0 aliphatic rings. The van der Waals surface area contributed by atoms with Crippen molar-refractivity contribution in [1.29, 1.82) is 0 Å². The van der Waals surface area contributed by atoms with E-state index in [2.05, 4.69) is 20.7 Å². The Hall–Kier alpha value is -3.15. The lowest BCUT2D eigenvalue weighted by atomic mass is 10.2. The van der Waals surface area contributed by atoms with E-state index in [0.29, 0.717) is 19.0 Å². The van der Waals surface area contributed by atoms with Crippen LogP contribution in [0.1, 0.15) is 11.3 Å². The fourth-order valence-corrected chi connectivity index (χ4v) is 2.76. The van der Waals surface area contributed by atoms with E-state index in [0.717, 1.165) is 22.7 Å². The Kier molecular flexibility index (Phi) is 10.1. The minimum absolute atomic E-state index is 0. The molecule has 0 saturated carbocycles. The zero-order valence-corrected chi connectivity index (χ0v) is 21.1. The van der Waals surface area contributed by atoms with Crippen molar-refractivity contribution in [3.63, 3.8) is 0 Å². The van der Waals surface area contributed by atoms with Crippen LogP contribution in [-0.4, -0.2) is 54.3 Å². The van der Waals surface area contributed by atoms with Crippen LogP contribution < -0.4 is 15.4 Å². The summed E-state index contributed by atoms with van der Waals surface area (Å²) in [6.45, 7) is 0.948. The van der Waals surface area contributed by atoms with Gasteiger partial charge in [0, 0.05) is 20.3 Å². The Bertz CT molecular complexity index is 1050. The SMILES string of the molecule is COc1ccc(CN=C(NCC(=O)N(C)C)NCc2ccn(-c3ccc(F)cc3)n2)cc1.I. The Morgan fingerprint density at radius 1 is 1.09 bits per heavy atom. The maximum atomic E-state index is 13.1. The molecule has 10 heteroatoms. The Labute approximate surface area is 209 Å². The normalized spacial score (nSPS) is 10.8. The van der Waals surface area contributed by atoms with E-state index < -0.39 is 0 Å². The molecule has 3 aromatic rings. The van der Waals surface area contributed by atoms with E-state index in [1.165, 1.54) is 17.0 Å². The molecule has 0 aliphatic carbocycles. The number of amides is 1. The summed E-state index contributed by atoms with van der Waals surface area (Å²) >= 11 is 0. The van der Waals surface area contributed by atoms with Gasteiger partial charge in [0.25, 0.3) is 0 Å². The van der Waals surface area contributed by atoms with Gasteiger partial charge in [-0.3, -0.25) is 4.79 Å². The first kappa shape index (κ1) is 26.1. The van der Waals surface area contributed by atoms with Crippen LogP contribution in [0.2, 0.25) is 0 Å². The molecule has 0 unspecified atom stereocenters. The largest absolute Gasteiger partial charge is 0.497 e. The summed E-state index contributed by atoms with van der Waals surface area (Å²) in [5.74, 6) is 0.915. The van der Waals surface area contributed by atoms with Crippen molar-refractivity contribution in [2.45, 2.75) is 13.1 Å². The van der Waals surface area contributed by atoms with E-state index in [1.807, 2.05) is 30.3 Å². The smallest absolute Gasteiger partial charge is 0.241 e. The molecular weight excluding hydrogens is 538 g/mol. The van der Waals surface area contributed by atoms with Gasteiger partial charge in [0.15, 0.2) is 5.96 Å². The van der Waals surface area contributed by atoms with Crippen LogP contribution in [0.5, 0.6) is 5.75 Å². The van der Waals surface area contributed by atoms with E-state index in [9.17, 15) is 9.18 Å². The molecule has 8 nitrogen and oxygen atoms in total. The van der Waals surface area contributed by atoms with E-state index in [-0.39, 0.29) is 42.2 Å². The summed E-state index contributed by atoms with van der Waals surface area (Å²) in [4.78, 5) is 18.1. The number of ether oxygens (including phenoxy) is 1. The van der Waals surface area contributed by atoms with Crippen LogP contribution in [-0.2, 0) is 17.9 Å². The maximum absolute atomic E-state index is 13.1. The zero-order chi connectivity index (χ0) is 22.9. The van der Waals surface area contributed by atoms with Crippen molar-refractivity contribution >= 4 is 35.8 Å². The molecule has 1 amide bonds. The summed E-state index contributed by atoms with van der Waals surface area (Å²) in [5, 5.41) is 10.8. The molecule has 0 saturated heterocycles.